The molecule has 0 spiro atoms. The smallest absolute Gasteiger partial charge is 0.336 e. The summed E-state index contributed by atoms with van der Waals surface area (Å²) in [7, 11) is 2.61. The first-order valence-electron chi connectivity index (χ1n) is 6.37. The van der Waals surface area contributed by atoms with Crippen LogP contribution in [0.1, 0.15) is 48.2 Å². The van der Waals surface area contributed by atoms with E-state index in [0.29, 0.717) is 6.42 Å². The number of aromatic carboxylic acids is 1. The number of aromatic hydroxyl groups is 1. The standard InChI is InChI=1S/C14H20O6/c1-4-5-6-9(15)11-8(14(17)18)7-10(19-2)12(16)13(11)20-3/h7,9,15-16H,4-6H2,1-3H3,(H,17,18). The molecule has 0 saturated heterocycles. The van der Waals surface area contributed by atoms with Crippen LogP contribution in [0.15, 0.2) is 6.07 Å². The molecule has 1 unspecified atom stereocenters. The van der Waals surface area contributed by atoms with Gasteiger partial charge in [0, 0.05) is 5.56 Å². The molecule has 0 radical (unpaired) electrons. The molecule has 0 amide bonds. The van der Waals surface area contributed by atoms with Gasteiger partial charge in [-0.05, 0) is 12.5 Å². The van der Waals surface area contributed by atoms with E-state index in [-0.39, 0.29) is 28.4 Å². The highest BCUT2D eigenvalue weighted by atomic mass is 16.5. The number of benzene rings is 1. The SMILES string of the molecule is CCCCC(O)c1c(C(=O)O)cc(OC)c(O)c1OC. The predicted molar refractivity (Wildman–Crippen MR) is 72.7 cm³/mol. The molecule has 112 valence electrons. The lowest BCUT2D eigenvalue weighted by molar-refractivity contribution is 0.0686. The second-order valence-electron chi connectivity index (χ2n) is 4.39. The first-order valence-corrected chi connectivity index (χ1v) is 6.37. The number of hydrogen-bond donors (Lipinski definition) is 3. The maximum atomic E-state index is 11.3. The molecule has 0 aliphatic carbocycles. The molecule has 20 heavy (non-hydrogen) atoms. The summed E-state index contributed by atoms with van der Waals surface area (Å²) in [6, 6.07) is 1.19. The number of aliphatic hydroxyl groups is 1. The second-order valence-corrected chi connectivity index (χ2v) is 4.39. The summed E-state index contributed by atoms with van der Waals surface area (Å²) >= 11 is 0. The summed E-state index contributed by atoms with van der Waals surface area (Å²) < 4.78 is 9.98. The number of methoxy groups -OCH3 is 2. The lowest BCUT2D eigenvalue weighted by atomic mass is 9.96. The average molecular weight is 284 g/mol. The van der Waals surface area contributed by atoms with Gasteiger partial charge in [-0.25, -0.2) is 4.79 Å². The summed E-state index contributed by atoms with van der Waals surface area (Å²) in [5.74, 6) is -1.60. The minimum Gasteiger partial charge on any atom is -0.502 e. The zero-order valence-corrected chi connectivity index (χ0v) is 11.8. The lowest BCUT2D eigenvalue weighted by Gasteiger charge is -2.19. The van der Waals surface area contributed by atoms with Crippen molar-refractivity contribution >= 4 is 5.97 Å². The number of aliphatic hydroxyl groups excluding tert-OH is 1. The van der Waals surface area contributed by atoms with Crippen LogP contribution in [0.4, 0.5) is 0 Å². The Kier molecular flexibility index (Phi) is 5.64. The van der Waals surface area contributed by atoms with Crippen LogP contribution in [0.25, 0.3) is 0 Å². The van der Waals surface area contributed by atoms with Crippen molar-refractivity contribution in [2.45, 2.75) is 32.3 Å². The normalized spacial score (nSPS) is 12.0. The maximum Gasteiger partial charge on any atom is 0.336 e. The van der Waals surface area contributed by atoms with Crippen molar-refractivity contribution in [2.24, 2.45) is 0 Å². The number of carbonyl (C=O) groups is 1. The molecule has 1 aromatic rings. The molecular weight excluding hydrogens is 264 g/mol. The van der Waals surface area contributed by atoms with Crippen molar-refractivity contribution in [3.05, 3.63) is 17.2 Å². The largest absolute Gasteiger partial charge is 0.502 e. The zero-order chi connectivity index (χ0) is 15.3. The van der Waals surface area contributed by atoms with Gasteiger partial charge in [-0.3, -0.25) is 0 Å². The lowest BCUT2D eigenvalue weighted by Crippen LogP contribution is -2.10. The Morgan fingerprint density at radius 1 is 1.35 bits per heavy atom. The minimum absolute atomic E-state index is 0.00862. The predicted octanol–water partition coefficient (Wildman–Crippen LogP) is 2.33. The summed E-state index contributed by atoms with van der Waals surface area (Å²) in [5.41, 5.74) is -0.0631. The Balaban J connectivity index is 3.44. The number of rotatable bonds is 7. The van der Waals surface area contributed by atoms with E-state index in [1.807, 2.05) is 6.92 Å². The number of ether oxygens (including phenoxy) is 2. The molecule has 6 heteroatoms. The van der Waals surface area contributed by atoms with Crippen LogP contribution in [0.5, 0.6) is 17.2 Å². The summed E-state index contributed by atoms with van der Waals surface area (Å²) in [4.78, 5) is 11.3. The van der Waals surface area contributed by atoms with E-state index in [1.165, 1.54) is 20.3 Å². The fourth-order valence-corrected chi connectivity index (χ4v) is 2.05. The Morgan fingerprint density at radius 3 is 2.45 bits per heavy atom. The first kappa shape index (κ1) is 16.1. The Hall–Kier alpha value is -1.95. The highest BCUT2D eigenvalue weighted by Gasteiger charge is 2.27. The van der Waals surface area contributed by atoms with Crippen LogP contribution >= 0.6 is 0 Å². The molecule has 0 aliphatic rings. The molecule has 3 N–H and O–H groups in total. The Labute approximate surface area is 117 Å². The first-order chi connectivity index (χ1) is 9.47. The van der Waals surface area contributed by atoms with E-state index in [1.54, 1.807) is 0 Å². The van der Waals surface area contributed by atoms with Crippen LogP contribution < -0.4 is 9.47 Å². The van der Waals surface area contributed by atoms with Crippen LogP contribution in [-0.2, 0) is 0 Å². The van der Waals surface area contributed by atoms with Crippen LogP contribution in [-0.4, -0.2) is 35.5 Å². The van der Waals surface area contributed by atoms with Gasteiger partial charge in [-0.1, -0.05) is 19.8 Å². The third-order valence-corrected chi connectivity index (χ3v) is 3.08. The highest BCUT2D eigenvalue weighted by Crippen LogP contribution is 2.44. The third-order valence-electron chi connectivity index (χ3n) is 3.08. The minimum atomic E-state index is -1.22. The fraction of sp³-hybridized carbons (Fsp3) is 0.500. The number of unbranched alkanes of at least 4 members (excludes halogenated alkanes) is 1. The van der Waals surface area contributed by atoms with E-state index in [0.717, 1.165) is 12.8 Å². The molecule has 0 saturated carbocycles. The molecule has 0 aromatic heterocycles. The number of phenolic OH excluding ortho intramolecular Hbond substituents is 1. The van der Waals surface area contributed by atoms with Crippen LogP contribution in [0.2, 0.25) is 0 Å². The van der Waals surface area contributed by atoms with Crippen LogP contribution in [0.3, 0.4) is 0 Å². The van der Waals surface area contributed by atoms with Gasteiger partial charge >= 0.3 is 5.97 Å². The van der Waals surface area contributed by atoms with Gasteiger partial charge in [-0.15, -0.1) is 0 Å². The van der Waals surface area contributed by atoms with Gasteiger partial charge in [0.25, 0.3) is 0 Å². The molecule has 0 heterocycles. The van der Waals surface area contributed by atoms with E-state index in [4.69, 9.17) is 9.47 Å². The number of carboxylic acids is 1. The molecule has 1 rings (SSSR count). The van der Waals surface area contributed by atoms with Crippen LogP contribution in [0, 0.1) is 0 Å². The molecule has 0 bridgehead atoms. The summed E-state index contributed by atoms with van der Waals surface area (Å²) in [6.07, 6.45) is 0.965. The van der Waals surface area contributed by atoms with Crippen molar-refractivity contribution in [1.82, 2.24) is 0 Å². The van der Waals surface area contributed by atoms with Crippen molar-refractivity contribution < 1.29 is 29.6 Å². The average Bonchev–Trinajstić information content (AvgIpc) is 2.43. The molecular formula is C14H20O6. The second kappa shape index (κ2) is 7.00. The molecule has 1 aromatic carbocycles. The Morgan fingerprint density at radius 2 is 2.00 bits per heavy atom. The van der Waals surface area contributed by atoms with E-state index in [9.17, 15) is 20.1 Å². The number of carboxylic acid groups (broad SMARTS) is 1. The van der Waals surface area contributed by atoms with E-state index < -0.39 is 12.1 Å². The number of phenols is 1. The quantitative estimate of drug-likeness (QED) is 0.711. The Bertz CT molecular complexity index is 483. The van der Waals surface area contributed by atoms with Gasteiger partial charge in [0.15, 0.2) is 11.5 Å². The van der Waals surface area contributed by atoms with Gasteiger partial charge in [0.2, 0.25) is 5.75 Å². The molecule has 6 nitrogen and oxygen atoms in total. The molecule has 0 fully saturated rings. The van der Waals surface area contributed by atoms with Gasteiger partial charge < -0.3 is 24.8 Å². The molecule has 0 aliphatic heterocycles. The maximum absolute atomic E-state index is 11.3. The summed E-state index contributed by atoms with van der Waals surface area (Å²) in [5, 5.41) is 29.4. The van der Waals surface area contributed by atoms with Gasteiger partial charge in [0.1, 0.15) is 0 Å². The fourth-order valence-electron chi connectivity index (χ4n) is 2.05. The van der Waals surface area contributed by atoms with Crippen molar-refractivity contribution in [1.29, 1.82) is 0 Å². The third kappa shape index (κ3) is 3.14. The van der Waals surface area contributed by atoms with E-state index >= 15 is 0 Å². The highest BCUT2D eigenvalue weighted by molar-refractivity contribution is 5.92. The molecule has 1 atom stereocenters. The van der Waals surface area contributed by atoms with E-state index in [2.05, 4.69) is 0 Å². The number of hydrogen-bond acceptors (Lipinski definition) is 5. The zero-order valence-electron chi connectivity index (χ0n) is 11.8. The monoisotopic (exact) mass is 284 g/mol. The van der Waals surface area contributed by atoms with Gasteiger partial charge in [0.05, 0.1) is 25.9 Å². The topological polar surface area (TPSA) is 96.2 Å². The van der Waals surface area contributed by atoms with Crippen molar-refractivity contribution in [3.8, 4) is 17.2 Å². The summed E-state index contributed by atoms with van der Waals surface area (Å²) in [6.45, 7) is 1.97. The van der Waals surface area contributed by atoms with Crippen molar-refractivity contribution in [3.63, 3.8) is 0 Å². The van der Waals surface area contributed by atoms with Gasteiger partial charge in [-0.2, -0.15) is 0 Å². The van der Waals surface area contributed by atoms with Crippen molar-refractivity contribution in [2.75, 3.05) is 14.2 Å².